The summed E-state index contributed by atoms with van der Waals surface area (Å²) in [4.78, 5) is 15.3. The van der Waals surface area contributed by atoms with Crippen molar-refractivity contribution in [3.8, 4) is 0 Å². The molecule has 104 valence electrons. The molecule has 0 aliphatic heterocycles. The minimum atomic E-state index is -0.606. The summed E-state index contributed by atoms with van der Waals surface area (Å²) in [6.07, 6.45) is 2.76. The summed E-state index contributed by atoms with van der Waals surface area (Å²) in [5.74, 6) is -0.606. The van der Waals surface area contributed by atoms with Crippen LogP contribution in [0.4, 0.5) is 9.18 Å². The zero-order valence-electron chi connectivity index (χ0n) is 11.4. The summed E-state index contributed by atoms with van der Waals surface area (Å²) < 4.78 is 18.8. The van der Waals surface area contributed by atoms with Crippen molar-refractivity contribution in [1.29, 1.82) is 0 Å². The molecular weight excluding hydrogens is 247 g/mol. The van der Waals surface area contributed by atoms with Crippen molar-refractivity contribution < 1.29 is 13.9 Å². The van der Waals surface area contributed by atoms with Gasteiger partial charge in [-0.3, -0.25) is 0 Å². The molecular formula is C14H19FN2O2. The number of amides is 1. The molecule has 0 unspecified atom stereocenters. The van der Waals surface area contributed by atoms with E-state index in [9.17, 15) is 9.18 Å². The van der Waals surface area contributed by atoms with Crippen molar-refractivity contribution in [2.45, 2.75) is 38.8 Å². The van der Waals surface area contributed by atoms with Crippen LogP contribution in [-0.2, 0) is 4.74 Å². The van der Waals surface area contributed by atoms with Gasteiger partial charge in [-0.25, -0.2) is 9.78 Å². The summed E-state index contributed by atoms with van der Waals surface area (Å²) in [6.45, 7) is 8.89. The molecule has 0 saturated carbocycles. The van der Waals surface area contributed by atoms with Crippen LogP contribution in [-0.4, -0.2) is 16.7 Å². The molecule has 1 amide bonds. The van der Waals surface area contributed by atoms with E-state index in [4.69, 9.17) is 4.74 Å². The molecule has 1 N–H and O–H groups in total. The number of alkyl carbamates (subject to hydrolysis) is 1. The summed E-state index contributed by atoms with van der Waals surface area (Å²) in [5, 5.41) is 2.62. The number of carbonyl (C=O) groups excluding carboxylic acids is 1. The average Bonchev–Trinajstić information content (AvgIpc) is 2.26. The fraction of sp³-hybridized carbons (Fsp3) is 0.429. The van der Waals surface area contributed by atoms with E-state index in [1.807, 2.05) is 0 Å². The minimum absolute atomic E-state index is 0.313. The predicted octanol–water partition coefficient (Wildman–Crippen LogP) is 3.36. The third-order valence-corrected chi connectivity index (χ3v) is 2.26. The van der Waals surface area contributed by atoms with Gasteiger partial charge < -0.3 is 10.1 Å². The van der Waals surface area contributed by atoms with E-state index in [-0.39, 0.29) is 0 Å². The zero-order valence-corrected chi connectivity index (χ0v) is 11.4. The van der Waals surface area contributed by atoms with Crippen molar-refractivity contribution in [2.75, 3.05) is 0 Å². The molecule has 1 atom stereocenters. The van der Waals surface area contributed by atoms with Crippen molar-refractivity contribution in [3.05, 3.63) is 42.5 Å². The molecule has 1 rings (SSSR count). The van der Waals surface area contributed by atoms with Crippen molar-refractivity contribution in [1.82, 2.24) is 10.3 Å². The van der Waals surface area contributed by atoms with E-state index in [0.717, 1.165) is 0 Å². The van der Waals surface area contributed by atoms with E-state index in [1.165, 1.54) is 6.20 Å². The fourth-order valence-corrected chi connectivity index (χ4v) is 1.54. The second-order valence-corrected chi connectivity index (χ2v) is 5.11. The SMILES string of the molecule is C=CC[C@H](NC(=O)OC(C)(C)C)c1cccnc1F. The Morgan fingerprint density at radius 3 is 2.84 bits per heavy atom. The van der Waals surface area contributed by atoms with E-state index in [2.05, 4.69) is 16.9 Å². The molecule has 0 aromatic carbocycles. The Morgan fingerprint density at radius 2 is 2.32 bits per heavy atom. The number of aromatic nitrogens is 1. The van der Waals surface area contributed by atoms with E-state index in [0.29, 0.717) is 12.0 Å². The maximum absolute atomic E-state index is 13.6. The molecule has 1 heterocycles. The minimum Gasteiger partial charge on any atom is -0.444 e. The Balaban J connectivity index is 2.82. The van der Waals surface area contributed by atoms with Gasteiger partial charge in [-0.15, -0.1) is 6.58 Å². The molecule has 0 radical (unpaired) electrons. The second-order valence-electron chi connectivity index (χ2n) is 5.11. The molecule has 0 spiro atoms. The smallest absolute Gasteiger partial charge is 0.408 e. The monoisotopic (exact) mass is 266 g/mol. The summed E-state index contributed by atoms with van der Waals surface area (Å²) in [5.41, 5.74) is -0.288. The quantitative estimate of drug-likeness (QED) is 0.671. The first kappa shape index (κ1) is 15.1. The van der Waals surface area contributed by atoms with E-state index >= 15 is 0 Å². The van der Waals surface area contributed by atoms with Crippen LogP contribution in [0.15, 0.2) is 31.0 Å². The first-order chi connectivity index (χ1) is 8.83. The van der Waals surface area contributed by atoms with Gasteiger partial charge in [-0.05, 0) is 33.3 Å². The Morgan fingerprint density at radius 1 is 1.63 bits per heavy atom. The fourth-order valence-electron chi connectivity index (χ4n) is 1.54. The second kappa shape index (κ2) is 6.31. The number of rotatable bonds is 4. The first-order valence-electron chi connectivity index (χ1n) is 6.04. The topological polar surface area (TPSA) is 51.2 Å². The largest absolute Gasteiger partial charge is 0.444 e. The van der Waals surface area contributed by atoms with E-state index in [1.54, 1.807) is 39.0 Å². The number of nitrogens with one attached hydrogen (secondary N) is 1. The van der Waals surface area contributed by atoms with Gasteiger partial charge in [-0.1, -0.05) is 12.1 Å². The Kier molecular flexibility index (Phi) is 5.03. The van der Waals surface area contributed by atoms with Crippen molar-refractivity contribution in [2.24, 2.45) is 0 Å². The maximum atomic E-state index is 13.6. The molecule has 0 saturated heterocycles. The lowest BCUT2D eigenvalue weighted by Gasteiger charge is -2.23. The van der Waals surface area contributed by atoms with Crippen LogP contribution in [0, 0.1) is 5.95 Å². The van der Waals surface area contributed by atoms with Gasteiger partial charge in [0.05, 0.1) is 6.04 Å². The Labute approximate surface area is 112 Å². The van der Waals surface area contributed by atoms with Crippen LogP contribution < -0.4 is 5.32 Å². The molecule has 4 nitrogen and oxygen atoms in total. The number of hydrogen-bond acceptors (Lipinski definition) is 3. The Bertz CT molecular complexity index is 455. The van der Waals surface area contributed by atoms with Gasteiger partial charge in [0.1, 0.15) is 5.60 Å². The number of halogens is 1. The molecule has 0 bridgehead atoms. The molecule has 1 aromatic heterocycles. The lowest BCUT2D eigenvalue weighted by atomic mass is 10.1. The van der Waals surface area contributed by atoms with Gasteiger partial charge in [0.15, 0.2) is 0 Å². The molecule has 0 aliphatic carbocycles. The predicted molar refractivity (Wildman–Crippen MR) is 71.1 cm³/mol. The van der Waals surface area contributed by atoms with Crippen LogP contribution in [0.1, 0.15) is 38.8 Å². The summed E-state index contributed by atoms with van der Waals surface area (Å²) >= 11 is 0. The molecule has 5 heteroatoms. The zero-order chi connectivity index (χ0) is 14.5. The van der Waals surface area contributed by atoms with Gasteiger partial charge in [-0.2, -0.15) is 4.39 Å². The van der Waals surface area contributed by atoms with E-state index < -0.39 is 23.7 Å². The van der Waals surface area contributed by atoms with Crippen molar-refractivity contribution >= 4 is 6.09 Å². The highest BCUT2D eigenvalue weighted by molar-refractivity contribution is 5.68. The third kappa shape index (κ3) is 5.07. The number of hydrogen-bond donors (Lipinski definition) is 1. The number of ether oxygens (including phenoxy) is 1. The van der Waals surface area contributed by atoms with Gasteiger partial charge >= 0.3 is 6.09 Å². The lowest BCUT2D eigenvalue weighted by molar-refractivity contribution is 0.0503. The summed E-state index contributed by atoms with van der Waals surface area (Å²) in [7, 11) is 0. The Hall–Kier alpha value is -1.91. The molecule has 19 heavy (non-hydrogen) atoms. The van der Waals surface area contributed by atoms with Crippen LogP contribution in [0.2, 0.25) is 0 Å². The van der Waals surface area contributed by atoms with Crippen LogP contribution in [0.3, 0.4) is 0 Å². The van der Waals surface area contributed by atoms with Crippen LogP contribution in [0.5, 0.6) is 0 Å². The normalized spacial score (nSPS) is 12.6. The molecule has 0 aliphatic rings. The molecule has 1 aromatic rings. The van der Waals surface area contributed by atoms with Gasteiger partial charge in [0, 0.05) is 11.8 Å². The number of carbonyl (C=O) groups is 1. The first-order valence-corrected chi connectivity index (χ1v) is 6.04. The highest BCUT2D eigenvalue weighted by atomic mass is 19.1. The third-order valence-electron chi connectivity index (χ3n) is 2.26. The maximum Gasteiger partial charge on any atom is 0.408 e. The highest BCUT2D eigenvalue weighted by Gasteiger charge is 2.21. The average molecular weight is 266 g/mol. The summed E-state index contributed by atoms with van der Waals surface area (Å²) in [6, 6.07) is 2.65. The van der Waals surface area contributed by atoms with Crippen molar-refractivity contribution in [3.63, 3.8) is 0 Å². The van der Waals surface area contributed by atoms with Gasteiger partial charge in [0.25, 0.3) is 0 Å². The number of pyridine rings is 1. The lowest BCUT2D eigenvalue weighted by Crippen LogP contribution is -2.35. The molecule has 0 fully saturated rings. The number of nitrogens with zero attached hydrogens (tertiary/aromatic N) is 1. The van der Waals surface area contributed by atoms with Crippen LogP contribution in [0.25, 0.3) is 0 Å². The van der Waals surface area contributed by atoms with Gasteiger partial charge in [0.2, 0.25) is 5.95 Å². The highest BCUT2D eigenvalue weighted by Crippen LogP contribution is 2.20. The standard InChI is InChI=1S/C14H19FN2O2/c1-5-7-11(10-8-6-9-16-12(10)15)17-13(18)19-14(2,3)4/h5-6,8-9,11H,1,7H2,2-4H3,(H,17,18)/t11-/m0/s1. The van der Waals surface area contributed by atoms with Crippen LogP contribution >= 0.6 is 0 Å².